The molecule has 2 aromatic heterocycles. The third-order valence-electron chi connectivity index (χ3n) is 7.46. The van der Waals surface area contributed by atoms with Gasteiger partial charge >= 0.3 is 0 Å². The lowest BCUT2D eigenvalue weighted by atomic mass is 9.97. The van der Waals surface area contributed by atoms with Crippen LogP contribution < -0.4 is 19.5 Å². The van der Waals surface area contributed by atoms with Gasteiger partial charge in [0.25, 0.3) is 5.91 Å². The first-order chi connectivity index (χ1) is 19.1. The number of carbonyl (C=O) groups excluding carboxylic acids is 1. The third kappa shape index (κ3) is 4.40. The Hall–Kier alpha value is -4.65. The highest BCUT2D eigenvalue weighted by molar-refractivity contribution is 6.10. The third-order valence-corrected chi connectivity index (χ3v) is 7.46. The quantitative estimate of drug-likeness (QED) is 0.259. The van der Waals surface area contributed by atoms with E-state index in [0.717, 1.165) is 71.1 Å². The van der Waals surface area contributed by atoms with Crippen LogP contribution in [0.25, 0.3) is 28.0 Å². The molecule has 1 aliphatic heterocycles. The normalized spacial score (nSPS) is 12.7. The Morgan fingerprint density at radius 1 is 0.744 bits per heavy atom. The molecule has 1 aliphatic rings. The standard InChI is InChI=1S/C32H31N3O4/c1-37-24-13-7-21(8-14-24)28-20-35-30(31(36)33-23-11-17-26(39-3)18-12-23)29(22-9-15-25(38-2)16-10-22)27-6-4-5-19-34(28)32(27)35/h7-18,20H,4-6,19H2,1-3H3,(H,33,36). The van der Waals surface area contributed by atoms with Crippen molar-refractivity contribution in [1.29, 1.82) is 0 Å². The highest BCUT2D eigenvalue weighted by atomic mass is 16.5. The molecular weight excluding hydrogens is 490 g/mol. The number of aryl methyl sites for hydroxylation is 2. The molecule has 7 nitrogen and oxygen atoms in total. The number of hydrogen-bond acceptors (Lipinski definition) is 4. The van der Waals surface area contributed by atoms with Crippen LogP contribution in [0.1, 0.15) is 28.9 Å². The van der Waals surface area contributed by atoms with Gasteiger partial charge in [0.05, 0.1) is 27.0 Å². The maximum Gasteiger partial charge on any atom is 0.273 e. The molecule has 39 heavy (non-hydrogen) atoms. The smallest absolute Gasteiger partial charge is 0.273 e. The number of nitrogens with one attached hydrogen (secondary N) is 1. The summed E-state index contributed by atoms with van der Waals surface area (Å²) in [4.78, 5) is 14.1. The molecule has 0 aliphatic carbocycles. The summed E-state index contributed by atoms with van der Waals surface area (Å²) in [5.41, 5.74) is 7.72. The number of amides is 1. The van der Waals surface area contributed by atoms with E-state index in [4.69, 9.17) is 14.2 Å². The number of nitrogens with zero attached hydrogens (tertiary/aromatic N) is 2. The second-order valence-corrected chi connectivity index (χ2v) is 9.66. The summed E-state index contributed by atoms with van der Waals surface area (Å²) in [6.45, 7) is 0.885. The van der Waals surface area contributed by atoms with Crippen LogP contribution in [0, 0.1) is 0 Å². The zero-order valence-corrected chi connectivity index (χ0v) is 22.4. The van der Waals surface area contributed by atoms with Crippen molar-refractivity contribution in [2.45, 2.75) is 25.8 Å². The van der Waals surface area contributed by atoms with Crippen molar-refractivity contribution in [2.75, 3.05) is 26.6 Å². The van der Waals surface area contributed by atoms with E-state index in [1.165, 1.54) is 5.56 Å². The van der Waals surface area contributed by atoms with Gasteiger partial charge in [-0.05, 0) is 91.1 Å². The van der Waals surface area contributed by atoms with Crippen molar-refractivity contribution in [3.63, 3.8) is 0 Å². The summed E-state index contributed by atoms with van der Waals surface area (Å²) in [6, 6.07) is 23.5. The van der Waals surface area contributed by atoms with Crippen LogP contribution in [0.2, 0.25) is 0 Å². The van der Waals surface area contributed by atoms with E-state index >= 15 is 0 Å². The largest absolute Gasteiger partial charge is 0.497 e. The Morgan fingerprint density at radius 2 is 1.31 bits per heavy atom. The van der Waals surface area contributed by atoms with Crippen molar-refractivity contribution in [1.82, 2.24) is 8.97 Å². The predicted molar refractivity (Wildman–Crippen MR) is 153 cm³/mol. The van der Waals surface area contributed by atoms with Crippen molar-refractivity contribution in [3.8, 4) is 39.6 Å². The number of aromatic nitrogens is 2. The van der Waals surface area contributed by atoms with Gasteiger partial charge in [-0.25, -0.2) is 0 Å². The molecule has 0 unspecified atom stereocenters. The Morgan fingerprint density at radius 3 is 1.90 bits per heavy atom. The first kappa shape index (κ1) is 24.7. The second kappa shape index (κ2) is 10.3. The van der Waals surface area contributed by atoms with Crippen LogP contribution in [0.15, 0.2) is 79.0 Å². The number of ether oxygens (including phenoxy) is 3. The Labute approximate surface area is 227 Å². The summed E-state index contributed by atoms with van der Waals surface area (Å²) in [5, 5.41) is 3.13. The maximum absolute atomic E-state index is 14.1. The number of methoxy groups -OCH3 is 3. The minimum atomic E-state index is -0.161. The Balaban J connectivity index is 1.55. The zero-order valence-electron chi connectivity index (χ0n) is 22.4. The molecule has 0 bridgehead atoms. The molecule has 0 spiro atoms. The molecule has 5 aromatic rings. The van der Waals surface area contributed by atoms with E-state index in [1.807, 2.05) is 60.7 Å². The molecule has 3 aromatic carbocycles. The number of anilines is 1. The highest BCUT2D eigenvalue weighted by Gasteiger charge is 2.29. The van der Waals surface area contributed by atoms with E-state index in [2.05, 4.69) is 32.6 Å². The molecule has 1 amide bonds. The monoisotopic (exact) mass is 521 g/mol. The first-order valence-electron chi connectivity index (χ1n) is 13.1. The molecule has 3 heterocycles. The number of rotatable bonds is 7. The van der Waals surface area contributed by atoms with Crippen molar-refractivity contribution < 1.29 is 19.0 Å². The molecule has 0 radical (unpaired) electrons. The van der Waals surface area contributed by atoms with Crippen LogP contribution in [-0.4, -0.2) is 36.2 Å². The van der Waals surface area contributed by atoms with Crippen molar-refractivity contribution in [3.05, 3.63) is 90.3 Å². The fourth-order valence-corrected chi connectivity index (χ4v) is 5.53. The number of benzene rings is 3. The summed E-state index contributed by atoms with van der Waals surface area (Å²) < 4.78 is 20.5. The molecule has 7 heteroatoms. The molecule has 198 valence electrons. The van der Waals surface area contributed by atoms with E-state index in [-0.39, 0.29) is 5.91 Å². The van der Waals surface area contributed by atoms with Gasteiger partial charge in [0, 0.05) is 29.6 Å². The summed E-state index contributed by atoms with van der Waals surface area (Å²) in [7, 11) is 4.96. The maximum atomic E-state index is 14.1. The summed E-state index contributed by atoms with van der Waals surface area (Å²) in [6.07, 6.45) is 5.11. The molecule has 0 fully saturated rings. The molecule has 1 N–H and O–H groups in total. The van der Waals surface area contributed by atoms with Gasteiger partial charge in [0.15, 0.2) is 0 Å². The van der Waals surface area contributed by atoms with Gasteiger partial charge in [-0.3, -0.25) is 9.20 Å². The van der Waals surface area contributed by atoms with Crippen molar-refractivity contribution >= 4 is 17.2 Å². The van der Waals surface area contributed by atoms with E-state index in [9.17, 15) is 4.79 Å². The van der Waals surface area contributed by atoms with Crippen molar-refractivity contribution in [2.24, 2.45) is 0 Å². The van der Waals surface area contributed by atoms with Gasteiger partial charge in [-0.1, -0.05) is 12.1 Å². The number of imidazole rings is 1. The van der Waals surface area contributed by atoms with Crippen LogP contribution >= 0.6 is 0 Å². The zero-order chi connectivity index (χ0) is 26.9. The average Bonchev–Trinajstić information content (AvgIpc) is 3.40. The molecule has 0 atom stereocenters. The van der Waals surface area contributed by atoms with Crippen LogP contribution in [0.3, 0.4) is 0 Å². The minimum absolute atomic E-state index is 0.161. The topological polar surface area (TPSA) is 66.1 Å². The molecular formula is C32H31N3O4. The van der Waals surface area contributed by atoms with E-state index in [0.29, 0.717) is 11.4 Å². The fraction of sp³-hybridized carbons (Fsp3) is 0.219. The Bertz CT molecular complexity index is 1630. The second-order valence-electron chi connectivity index (χ2n) is 9.66. The van der Waals surface area contributed by atoms with Gasteiger partial charge in [0.1, 0.15) is 28.6 Å². The summed E-state index contributed by atoms with van der Waals surface area (Å²) in [5.74, 6) is 2.17. The lowest BCUT2D eigenvalue weighted by Gasteiger charge is -2.11. The van der Waals surface area contributed by atoms with Crippen LogP contribution in [0.4, 0.5) is 5.69 Å². The highest BCUT2D eigenvalue weighted by Crippen LogP contribution is 2.40. The number of hydrogen-bond donors (Lipinski definition) is 1. The number of carbonyl (C=O) groups is 1. The van der Waals surface area contributed by atoms with Crippen LogP contribution in [-0.2, 0) is 13.0 Å². The molecule has 0 saturated heterocycles. The van der Waals surface area contributed by atoms with E-state index in [1.54, 1.807) is 21.3 Å². The SMILES string of the molecule is COc1ccc(NC(=O)c2c(-c3ccc(OC)cc3)c3c4n(c(-c5ccc(OC)cc5)cn24)CCCC3)cc1. The van der Waals surface area contributed by atoms with Gasteiger partial charge < -0.3 is 24.1 Å². The van der Waals surface area contributed by atoms with Crippen LogP contribution in [0.5, 0.6) is 17.2 Å². The molecule has 6 rings (SSSR count). The predicted octanol–water partition coefficient (Wildman–Crippen LogP) is 6.69. The first-order valence-corrected chi connectivity index (χ1v) is 13.1. The van der Waals surface area contributed by atoms with Gasteiger partial charge in [0.2, 0.25) is 0 Å². The average molecular weight is 522 g/mol. The van der Waals surface area contributed by atoms with Gasteiger partial charge in [-0.2, -0.15) is 0 Å². The van der Waals surface area contributed by atoms with Gasteiger partial charge in [-0.15, -0.1) is 0 Å². The summed E-state index contributed by atoms with van der Waals surface area (Å²) >= 11 is 0. The fourth-order valence-electron chi connectivity index (χ4n) is 5.53. The Kier molecular flexibility index (Phi) is 6.49. The minimum Gasteiger partial charge on any atom is -0.497 e. The van der Waals surface area contributed by atoms with E-state index < -0.39 is 0 Å². The lowest BCUT2D eigenvalue weighted by molar-refractivity contribution is 0.102. The molecule has 0 saturated carbocycles. The lowest BCUT2D eigenvalue weighted by Crippen LogP contribution is -2.15.